The van der Waals surface area contributed by atoms with Gasteiger partial charge in [-0.15, -0.1) is 11.3 Å². The van der Waals surface area contributed by atoms with Gasteiger partial charge in [0.15, 0.2) is 5.13 Å². The van der Waals surface area contributed by atoms with Crippen LogP contribution in [-0.2, 0) is 0 Å². The van der Waals surface area contributed by atoms with Crippen LogP contribution in [0.15, 0.2) is 5.38 Å². The molecule has 1 aromatic heterocycles. The molecule has 0 spiro atoms. The zero-order chi connectivity index (χ0) is 15.2. The van der Waals surface area contributed by atoms with Gasteiger partial charge in [-0.25, -0.2) is 9.78 Å². The monoisotopic (exact) mass is 310 g/mol. The molecular formula is C15H26N4OS. The van der Waals surface area contributed by atoms with E-state index >= 15 is 0 Å². The van der Waals surface area contributed by atoms with Gasteiger partial charge in [0.25, 0.3) is 0 Å². The number of amides is 2. The molecular weight excluding hydrogens is 284 g/mol. The van der Waals surface area contributed by atoms with Gasteiger partial charge in [0.05, 0.1) is 5.69 Å². The molecule has 1 aliphatic rings. The Morgan fingerprint density at radius 3 is 2.90 bits per heavy atom. The number of carbonyl (C=O) groups excluding carboxylic acids is 1. The molecule has 1 aliphatic heterocycles. The standard InChI is InChI=1S/C15H26N4OS/c1-4-7-16-12(3)13-10-21-14(17-13)18-15(20)19-8-5-11(2)6-9-19/h10-12,16H,4-9H2,1-3H3,(H,17,18,20). The highest BCUT2D eigenvalue weighted by molar-refractivity contribution is 7.13. The van der Waals surface area contributed by atoms with Gasteiger partial charge in [0.2, 0.25) is 0 Å². The minimum atomic E-state index is -0.0167. The first-order valence-corrected chi connectivity index (χ1v) is 8.72. The number of anilines is 1. The highest BCUT2D eigenvalue weighted by Gasteiger charge is 2.21. The second-order valence-electron chi connectivity index (χ2n) is 5.85. The van der Waals surface area contributed by atoms with Crippen molar-refractivity contribution in [1.82, 2.24) is 15.2 Å². The van der Waals surface area contributed by atoms with Crippen molar-refractivity contribution in [1.29, 1.82) is 0 Å². The molecule has 1 atom stereocenters. The van der Waals surface area contributed by atoms with Crippen LogP contribution in [0.3, 0.4) is 0 Å². The minimum absolute atomic E-state index is 0.0167. The third kappa shape index (κ3) is 4.68. The smallest absolute Gasteiger partial charge is 0.323 e. The van der Waals surface area contributed by atoms with Gasteiger partial charge in [-0.1, -0.05) is 13.8 Å². The molecule has 1 aromatic rings. The van der Waals surface area contributed by atoms with Crippen LogP contribution in [-0.4, -0.2) is 35.5 Å². The second-order valence-corrected chi connectivity index (χ2v) is 6.71. The number of aromatic nitrogens is 1. The van der Waals surface area contributed by atoms with E-state index in [0.29, 0.717) is 5.13 Å². The van der Waals surface area contributed by atoms with E-state index in [1.807, 2.05) is 10.3 Å². The number of hydrogen-bond acceptors (Lipinski definition) is 4. The Morgan fingerprint density at radius 2 is 2.24 bits per heavy atom. The molecule has 6 heteroatoms. The number of hydrogen-bond donors (Lipinski definition) is 2. The summed E-state index contributed by atoms with van der Waals surface area (Å²) >= 11 is 1.49. The molecule has 5 nitrogen and oxygen atoms in total. The van der Waals surface area contributed by atoms with Crippen LogP contribution in [0, 0.1) is 5.92 Å². The molecule has 0 aromatic carbocycles. The Morgan fingerprint density at radius 1 is 1.52 bits per heavy atom. The van der Waals surface area contributed by atoms with Gasteiger partial charge in [-0.3, -0.25) is 5.32 Å². The number of likely N-dealkylation sites (tertiary alicyclic amines) is 1. The first-order chi connectivity index (χ1) is 10.1. The maximum Gasteiger partial charge on any atom is 0.323 e. The molecule has 0 saturated carbocycles. The molecule has 2 amide bonds. The van der Waals surface area contributed by atoms with E-state index in [-0.39, 0.29) is 12.1 Å². The fraction of sp³-hybridized carbons (Fsp3) is 0.733. The van der Waals surface area contributed by atoms with Gasteiger partial charge >= 0.3 is 6.03 Å². The number of urea groups is 1. The maximum atomic E-state index is 12.2. The van der Waals surface area contributed by atoms with Gasteiger partial charge < -0.3 is 10.2 Å². The number of nitrogens with one attached hydrogen (secondary N) is 2. The molecule has 0 aliphatic carbocycles. The summed E-state index contributed by atoms with van der Waals surface area (Å²) in [4.78, 5) is 18.6. The van der Waals surface area contributed by atoms with Crippen molar-refractivity contribution in [2.45, 2.75) is 46.1 Å². The summed E-state index contributed by atoms with van der Waals surface area (Å²) in [5, 5.41) is 9.04. The first-order valence-electron chi connectivity index (χ1n) is 7.85. The fourth-order valence-corrected chi connectivity index (χ4v) is 3.18. The minimum Gasteiger partial charge on any atom is -0.324 e. The van der Waals surface area contributed by atoms with Gasteiger partial charge in [-0.2, -0.15) is 0 Å². The molecule has 1 unspecified atom stereocenters. The highest BCUT2D eigenvalue weighted by Crippen LogP contribution is 2.22. The van der Waals surface area contributed by atoms with Crippen LogP contribution >= 0.6 is 11.3 Å². The van der Waals surface area contributed by atoms with E-state index in [0.717, 1.165) is 50.5 Å². The Bertz CT molecular complexity index is 454. The first kappa shape index (κ1) is 16.2. The predicted molar refractivity (Wildman–Crippen MR) is 87.8 cm³/mol. The number of thiazole rings is 1. The molecule has 118 valence electrons. The van der Waals surface area contributed by atoms with E-state index in [2.05, 4.69) is 36.4 Å². The molecule has 2 heterocycles. The molecule has 2 rings (SSSR count). The summed E-state index contributed by atoms with van der Waals surface area (Å²) in [5.74, 6) is 0.728. The summed E-state index contributed by atoms with van der Waals surface area (Å²) in [5.41, 5.74) is 0.996. The fourth-order valence-electron chi connectivity index (χ4n) is 2.39. The van der Waals surface area contributed by atoms with Crippen molar-refractivity contribution in [3.63, 3.8) is 0 Å². The van der Waals surface area contributed by atoms with E-state index < -0.39 is 0 Å². The zero-order valence-electron chi connectivity index (χ0n) is 13.2. The van der Waals surface area contributed by atoms with Crippen molar-refractivity contribution in [2.24, 2.45) is 5.92 Å². The molecule has 2 N–H and O–H groups in total. The topological polar surface area (TPSA) is 57.3 Å². The summed E-state index contributed by atoms with van der Waals surface area (Å²) in [6, 6.07) is 0.208. The van der Waals surface area contributed by atoms with Crippen LogP contribution < -0.4 is 10.6 Å². The second kappa shape index (κ2) is 7.75. The van der Waals surface area contributed by atoms with E-state index in [1.165, 1.54) is 11.3 Å². The molecule has 0 bridgehead atoms. The Hall–Kier alpha value is -1.14. The van der Waals surface area contributed by atoms with Crippen molar-refractivity contribution in [3.8, 4) is 0 Å². The Labute approximate surface area is 131 Å². The zero-order valence-corrected chi connectivity index (χ0v) is 14.0. The number of nitrogens with zero attached hydrogens (tertiary/aromatic N) is 2. The normalized spacial score (nSPS) is 17.8. The summed E-state index contributed by atoms with van der Waals surface area (Å²) in [6.07, 6.45) is 3.29. The van der Waals surface area contributed by atoms with Crippen molar-refractivity contribution >= 4 is 22.5 Å². The summed E-state index contributed by atoms with van der Waals surface area (Å²) in [7, 11) is 0. The lowest BCUT2D eigenvalue weighted by Crippen LogP contribution is -2.40. The van der Waals surface area contributed by atoms with Crippen molar-refractivity contribution in [2.75, 3.05) is 25.0 Å². The van der Waals surface area contributed by atoms with E-state index in [1.54, 1.807) is 0 Å². The lowest BCUT2D eigenvalue weighted by molar-refractivity contribution is 0.186. The summed E-state index contributed by atoms with van der Waals surface area (Å²) in [6.45, 7) is 9.16. The lowest BCUT2D eigenvalue weighted by Gasteiger charge is -2.29. The van der Waals surface area contributed by atoms with E-state index in [9.17, 15) is 4.79 Å². The average Bonchev–Trinajstić information content (AvgIpc) is 2.94. The van der Waals surface area contributed by atoms with Crippen LogP contribution in [0.2, 0.25) is 0 Å². The third-order valence-electron chi connectivity index (χ3n) is 3.95. The van der Waals surface area contributed by atoms with Crippen molar-refractivity contribution < 1.29 is 4.79 Å². The van der Waals surface area contributed by atoms with Gasteiger partial charge in [0, 0.05) is 24.5 Å². The average molecular weight is 310 g/mol. The van der Waals surface area contributed by atoms with Gasteiger partial charge in [-0.05, 0) is 38.6 Å². The quantitative estimate of drug-likeness (QED) is 0.875. The number of piperidine rings is 1. The largest absolute Gasteiger partial charge is 0.324 e. The highest BCUT2D eigenvalue weighted by atomic mass is 32.1. The Kier molecular flexibility index (Phi) is 5.99. The number of rotatable bonds is 5. The maximum absolute atomic E-state index is 12.2. The molecule has 21 heavy (non-hydrogen) atoms. The molecule has 1 fully saturated rings. The van der Waals surface area contributed by atoms with Crippen LogP contribution in [0.25, 0.3) is 0 Å². The molecule has 1 saturated heterocycles. The summed E-state index contributed by atoms with van der Waals surface area (Å²) < 4.78 is 0. The SMILES string of the molecule is CCCNC(C)c1csc(NC(=O)N2CCC(C)CC2)n1. The van der Waals surface area contributed by atoms with Crippen LogP contribution in [0.1, 0.15) is 51.8 Å². The Balaban J connectivity index is 1.85. The van der Waals surface area contributed by atoms with Gasteiger partial charge in [0.1, 0.15) is 0 Å². The lowest BCUT2D eigenvalue weighted by atomic mass is 10.00. The van der Waals surface area contributed by atoms with Crippen LogP contribution in [0.4, 0.5) is 9.93 Å². The van der Waals surface area contributed by atoms with Crippen LogP contribution in [0.5, 0.6) is 0 Å². The van der Waals surface area contributed by atoms with E-state index in [4.69, 9.17) is 0 Å². The third-order valence-corrected chi connectivity index (χ3v) is 4.73. The molecule has 0 radical (unpaired) electrons. The van der Waals surface area contributed by atoms with Crippen molar-refractivity contribution in [3.05, 3.63) is 11.1 Å². The predicted octanol–water partition coefficient (Wildman–Crippen LogP) is 3.47. The number of carbonyl (C=O) groups is 1.